The first-order chi connectivity index (χ1) is 6.13. The Labute approximate surface area is 79.7 Å². The molecule has 80 valence electrons. The third-order valence-corrected chi connectivity index (χ3v) is 1.98. The molecule has 0 saturated carbocycles. The minimum Gasteiger partial charge on any atom is -0.394 e. The van der Waals surface area contributed by atoms with Crippen LogP contribution >= 0.6 is 0 Å². The van der Waals surface area contributed by atoms with Gasteiger partial charge in [-0.15, -0.1) is 0 Å². The number of nitrogens with two attached hydrogens (primary N) is 1. The van der Waals surface area contributed by atoms with Gasteiger partial charge in [0.2, 0.25) is 0 Å². The van der Waals surface area contributed by atoms with E-state index in [0.29, 0.717) is 0 Å². The normalized spacial score (nSPS) is 18.2. The molecule has 4 nitrogen and oxygen atoms in total. The number of hydrogen-bond acceptors (Lipinski definition) is 4. The van der Waals surface area contributed by atoms with E-state index < -0.39 is 6.10 Å². The molecular formula is C9H21NO3. The van der Waals surface area contributed by atoms with Gasteiger partial charge in [0, 0.05) is 0 Å². The predicted octanol–water partition coefficient (Wildman–Crippen LogP) is -0.128. The summed E-state index contributed by atoms with van der Waals surface area (Å²) in [6.45, 7) is 3.96. The lowest BCUT2D eigenvalue weighted by molar-refractivity contribution is -0.0172. The summed E-state index contributed by atoms with van der Waals surface area (Å²) < 4.78 is 5.32. The van der Waals surface area contributed by atoms with Crippen molar-refractivity contribution in [3.8, 4) is 0 Å². The first-order valence-electron chi connectivity index (χ1n) is 4.79. The van der Waals surface area contributed by atoms with E-state index in [-0.39, 0.29) is 25.4 Å². The standard InChI is InChI=1S/C9H21NO3/c1-3-4-8(13-6-5-11)9(10)7(2)12/h7-9,11-12H,3-6,10H2,1-2H3. The van der Waals surface area contributed by atoms with E-state index in [2.05, 4.69) is 0 Å². The Balaban J connectivity index is 3.90. The molecule has 0 fully saturated rings. The largest absolute Gasteiger partial charge is 0.394 e. The molecule has 0 bridgehead atoms. The second-order valence-corrected chi connectivity index (χ2v) is 3.24. The van der Waals surface area contributed by atoms with Crippen LogP contribution in [0.4, 0.5) is 0 Å². The highest BCUT2D eigenvalue weighted by atomic mass is 16.5. The Kier molecular flexibility index (Phi) is 7.17. The van der Waals surface area contributed by atoms with E-state index in [1.807, 2.05) is 6.92 Å². The fraction of sp³-hybridized carbons (Fsp3) is 1.00. The van der Waals surface area contributed by atoms with Crippen LogP contribution in [-0.4, -0.2) is 41.7 Å². The zero-order valence-electron chi connectivity index (χ0n) is 8.44. The maximum absolute atomic E-state index is 9.25. The van der Waals surface area contributed by atoms with Gasteiger partial charge in [0.05, 0.1) is 31.5 Å². The van der Waals surface area contributed by atoms with Gasteiger partial charge in [-0.2, -0.15) is 0 Å². The van der Waals surface area contributed by atoms with Crippen LogP contribution in [0.1, 0.15) is 26.7 Å². The molecular weight excluding hydrogens is 170 g/mol. The first-order valence-corrected chi connectivity index (χ1v) is 4.79. The first kappa shape index (κ1) is 12.8. The van der Waals surface area contributed by atoms with Gasteiger partial charge in [-0.3, -0.25) is 0 Å². The van der Waals surface area contributed by atoms with E-state index in [1.165, 1.54) is 0 Å². The second kappa shape index (κ2) is 7.26. The van der Waals surface area contributed by atoms with E-state index in [4.69, 9.17) is 15.6 Å². The number of rotatable bonds is 7. The van der Waals surface area contributed by atoms with Crippen molar-refractivity contribution in [1.29, 1.82) is 0 Å². The highest BCUT2D eigenvalue weighted by Crippen LogP contribution is 2.08. The average molecular weight is 191 g/mol. The van der Waals surface area contributed by atoms with Crippen LogP contribution in [-0.2, 0) is 4.74 Å². The number of aliphatic hydroxyl groups is 2. The van der Waals surface area contributed by atoms with Crippen molar-refractivity contribution in [2.75, 3.05) is 13.2 Å². The molecule has 0 aromatic rings. The minimum absolute atomic E-state index is 0.00720. The zero-order valence-corrected chi connectivity index (χ0v) is 8.44. The quantitative estimate of drug-likeness (QED) is 0.524. The molecule has 0 aliphatic rings. The molecule has 4 N–H and O–H groups in total. The fourth-order valence-corrected chi connectivity index (χ4v) is 1.19. The van der Waals surface area contributed by atoms with Gasteiger partial charge in [-0.25, -0.2) is 0 Å². The van der Waals surface area contributed by atoms with Gasteiger partial charge in [-0.05, 0) is 13.3 Å². The SMILES string of the molecule is CCCC(OCCO)C(N)C(C)O. The molecule has 0 radical (unpaired) electrons. The number of aliphatic hydroxyl groups excluding tert-OH is 2. The lowest BCUT2D eigenvalue weighted by Gasteiger charge is -2.25. The molecule has 0 aliphatic carbocycles. The average Bonchev–Trinajstić information content (AvgIpc) is 2.11. The lowest BCUT2D eigenvalue weighted by atomic mass is 10.0. The molecule has 0 aliphatic heterocycles. The minimum atomic E-state index is -0.574. The molecule has 0 amide bonds. The van der Waals surface area contributed by atoms with Gasteiger partial charge in [-0.1, -0.05) is 13.3 Å². The Bertz CT molecular complexity index is 119. The summed E-state index contributed by atoms with van der Waals surface area (Å²) >= 11 is 0. The van der Waals surface area contributed by atoms with Crippen LogP contribution in [0.15, 0.2) is 0 Å². The van der Waals surface area contributed by atoms with Crippen LogP contribution in [0.5, 0.6) is 0 Å². The van der Waals surface area contributed by atoms with Crippen molar-refractivity contribution in [3.63, 3.8) is 0 Å². The van der Waals surface area contributed by atoms with Gasteiger partial charge in [0.1, 0.15) is 0 Å². The maximum atomic E-state index is 9.25. The molecule has 0 spiro atoms. The van der Waals surface area contributed by atoms with Crippen molar-refractivity contribution < 1.29 is 14.9 Å². The van der Waals surface area contributed by atoms with E-state index in [0.717, 1.165) is 12.8 Å². The van der Waals surface area contributed by atoms with Crippen LogP contribution in [0.2, 0.25) is 0 Å². The summed E-state index contributed by atoms with van der Waals surface area (Å²) in [4.78, 5) is 0. The van der Waals surface area contributed by atoms with Crippen LogP contribution < -0.4 is 5.73 Å². The van der Waals surface area contributed by atoms with E-state index in [1.54, 1.807) is 6.92 Å². The topological polar surface area (TPSA) is 75.7 Å². The van der Waals surface area contributed by atoms with Crippen molar-refractivity contribution in [2.24, 2.45) is 5.73 Å². The second-order valence-electron chi connectivity index (χ2n) is 3.24. The van der Waals surface area contributed by atoms with Crippen LogP contribution in [0.25, 0.3) is 0 Å². The summed E-state index contributed by atoms with van der Waals surface area (Å²) in [7, 11) is 0. The van der Waals surface area contributed by atoms with Gasteiger partial charge < -0.3 is 20.7 Å². The molecule has 0 aromatic carbocycles. The van der Waals surface area contributed by atoms with Crippen LogP contribution in [0.3, 0.4) is 0 Å². The van der Waals surface area contributed by atoms with E-state index >= 15 is 0 Å². The van der Waals surface area contributed by atoms with Gasteiger partial charge >= 0.3 is 0 Å². The van der Waals surface area contributed by atoms with Gasteiger partial charge in [0.15, 0.2) is 0 Å². The Morgan fingerprint density at radius 2 is 2.08 bits per heavy atom. The Morgan fingerprint density at radius 1 is 1.46 bits per heavy atom. The van der Waals surface area contributed by atoms with Crippen molar-refractivity contribution in [3.05, 3.63) is 0 Å². The zero-order chi connectivity index (χ0) is 10.3. The summed E-state index contributed by atoms with van der Waals surface area (Å²) in [5, 5.41) is 17.8. The summed E-state index contributed by atoms with van der Waals surface area (Å²) in [5.74, 6) is 0. The van der Waals surface area contributed by atoms with Crippen LogP contribution in [0, 0.1) is 0 Å². The smallest absolute Gasteiger partial charge is 0.0752 e. The fourth-order valence-electron chi connectivity index (χ4n) is 1.19. The molecule has 3 atom stereocenters. The molecule has 13 heavy (non-hydrogen) atoms. The molecule has 0 saturated heterocycles. The number of ether oxygens (including phenoxy) is 1. The monoisotopic (exact) mass is 191 g/mol. The highest BCUT2D eigenvalue weighted by molar-refractivity contribution is 4.77. The third-order valence-electron chi connectivity index (χ3n) is 1.98. The summed E-state index contributed by atoms with van der Waals surface area (Å²) in [6, 6.07) is -0.369. The molecule has 3 unspecified atom stereocenters. The molecule has 0 aromatic heterocycles. The molecule has 0 heterocycles. The highest BCUT2D eigenvalue weighted by Gasteiger charge is 2.21. The summed E-state index contributed by atoms with van der Waals surface area (Å²) in [5.41, 5.74) is 5.73. The van der Waals surface area contributed by atoms with Gasteiger partial charge in [0.25, 0.3) is 0 Å². The lowest BCUT2D eigenvalue weighted by Crippen LogP contribution is -2.45. The summed E-state index contributed by atoms with van der Waals surface area (Å²) in [6.07, 6.45) is 1.04. The Morgan fingerprint density at radius 3 is 2.46 bits per heavy atom. The third kappa shape index (κ3) is 5.21. The predicted molar refractivity (Wildman–Crippen MR) is 51.4 cm³/mol. The van der Waals surface area contributed by atoms with Crippen molar-refractivity contribution >= 4 is 0 Å². The maximum Gasteiger partial charge on any atom is 0.0752 e. The Hall–Kier alpha value is -0.160. The number of hydrogen-bond donors (Lipinski definition) is 3. The molecule has 4 heteroatoms. The van der Waals surface area contributed by atoms with E-state index in [9.17, 15) is 5.11 Å². The molecule has 0 rings (SSSR count). The van der Waals surface area contributed by atoms with Crippen molar-refractivity contribution in [2.45, 2.75) is 44.9 Å². The van der Waals surface area contributed by atoms with Crippen molar-refractivity contribution in [1.82, 2.24) is 0 Å².